The molecule has 2 aromatic rings. The summed E-state index contributed by atoms with van der Waals surface area (Å²) in [6, 6.07) is 10.1. The lowest BCUT2D eigenvalue weighted by Gasteiger charge is -2.38. The number of hydrogen-bond donors (Lipinski definition) is 1. The molecule has 1 fully saturated rings. The number of hydrogen-bond acceptors (Lipinski definition) is 6. The Morgan fingerprint density at radius 1 is 1.16 bits per heavy atom. The minimum atomic E-state index is -3.98. The van der Waals surface area contributed by atoms with Crippen LogP contribution in [0.3, 0.4) is 0 Å². The summed E-state index contributed by atoms with van der Waals surface area (Å²) in [5.41, 5.74) is 1.39. The maximum Gasteiger partial charge on any atom is 0.247 e. The minimum Gasteiger partial charge on any atom is -0.487 e. The highest BCUT2D eigenvalue weighted by molar-refractivity contribution is 7.89. The highest BCUT2D eigenvalue weighted by Gasteiger charge is 2.39. The molecule has 1 saturated heterocycles. The van der Waals surface area contributed by atoms with Crippen molar-refractivity contribution in [1.29, 1.82) is 0 Å². The molecule has 0 bridgehead atoms. The first-order chi connectivity index (χ1) is 17.6. The number of rotatable bonds is 6. The summed E-state index contributed by atoms with van der Waals surface area (Å²) in [5, 5.41) is 9.83. The predicted molar refractivity (Wildman–Crippen MR) is 137 cm³/mol. The summed E-state index contributed by atoms with van der Waals surface area (Å²) in [5.74, 6) is -0.564. The summed E-state index contributed by atoms with van der Waals surface area (Å²) in [6.07, 6.45) is 0.849. The quantitative estimate of drug-likeness (QED) is 0.612. The molecule has 4 rings (SSSR count). The number of amides is 1. The van der Waals surface area contributed by atoms with E-state index in [2.05, 4.69) is 0 Å². The lowest BCUT2D eigenvalue weighted by Crippen LogP contribution is -2.50. The van der Waals surface area contributed by atoms with Gasteiger partial charge in [-0.05, 0) is 55.2 Å². The van der Waals surface area contributed by atoms with Crippen LogP contribution in [0.2, 0.25) is 0 Å². The number of carbonyl (C=O) groups excluding carboxylic acids is 1. The van der Waals surface area contributed by atoms with Gasteiger partial charge in [0.2, 0.25) is 15.9 Å². The number of benzene rings is 2. The number of sulfonamides is 1. The van der Waals surface area contributed by atoms with Gasteiger partial charge >= 0.3 is 0 Å². The molecule has 0 saturated carbocycles. The zero-order valence-corrected chi connectivity index (χ0v) is 22.3. The van der Waals surface area contributed by atoms with Crippen molar-refractivity contribution in [3.8, 4) is 16.9 Å². The smallest absolute Gasteiger partial charge is 0.247 e. The summed E-state index contributed by atoms with van der Waals surface area (Å²) in [4.78, 5) is 14.8. The molecule has 37 heavy (non-hydrogen) atoms. The predicted octanol–water partition coefficient (Wildman–Crippen LogP) is 3.15. The molecule has 0 aromatic heterocycles. The van der Waals surface area contributed by atoms with E-state index in [0.717, 1.165) is 0 Å². The monoisotopic (exact) mass is 534 g/mol. The third-order valence-corrected chi connectivity index (χ3v) is 9.26. The fourth-order valence-electron chi connectivity index (χ4n) is 4.88. The number of carbonyl (C=O) groups is 1. The molecule has 10 heteroatoms. The fraction of sp³-hybridized carbons (Fsp3) is 0.519. The van der Waals surface area contributed by atoms with E-state index >= 15 is 0 Å². The van der Waals surface area contributed by atoms with Crippen molar-refractivity contribution in [1.82, 2.24) is 9.21 Å². The van der Waals surface area contributed by atoms with Crippen molar-refractivity contribution >= 4 is 15.9 Å². The van der Waals surface area contributed by atoms with E-state index in [1.807, 2.05) is 6.92 Å². The van der Waals surface area contributed by atoms with Crippen molar-refractivity contribution in [2.24, 2.45) is 11.8 Å². The molecule has 1 N–H and O–H groups in total. The molecule has 202 valence electrons. The van der Waals surface area contributed by atoms with Crippen LogP contribution in [0.1, 0.15) is 26.7 Å². The number of ether oxygens (including phenoxy) is 2. The van der Waals surface area contributed by atoms with Gasteiger partial charge in [-0.3, -0.25) is 4.79 Å². The number of likely N-dealkylation sites (N-methyl/N-ethyl adjacent to an activating group) is 1. The average molecular weight is 535 g/mol. The second-order valence-electron chi connectivity index (χ2n) is 10.0. The number of aliphatic hydroxyl groups is 1. The van der Waals surface area contributed by atoms with Gasteiger partial charge in [-0.1, -0.05) is 25.1 Å². The van der Waals surface area contributed by atoms with Crippen molar-refractivity contribution in [2.45, 2.75) is 43.7 Å². The first-order valence-corrected chi connectivity index (χ1v) is 14.1. The standard InChI is InChI=1S/C27H35FN2O6S/c1-18-15-30(19(2)17-31)37(33,34)26-9-6-22(20-4-7-23(28)8-5-20)14-24(26)36-25(18)16-29(3)27(32)21-10-12-35-13-11-21/h4-9,14,18-19,21,25,31H,10-13,15-17H2,1-3H3/t18-,19+,25-/m0/s1. The van der Waals surface area contributed by atoms with Crippen molar-refractivity contribution in [3.63, 3.8) is 0 Å². The normalized spacial score (nSPS) is 23.3. The Labute approximate surface area is 218 Å². The van der Waals surface area contributed by atoms with Crippen LogP contribution in [-0.2, 0) is 19.6 Å². The lowest BCUT2D eigenvalue weighted by atomic mass is 9.97. The molecule has 1 amide bonds. The first-order valence-electron chi connectivity index (χ1n) is 12.6. The topological polar surface area (TPSA) is 96.4 Å². The maximum atomic E-state index is 13.7. The zero-order chi connectivity index (χ0) is 26.7. The molecule has 0 spiro atoms. The Hall–Kier alpha value is -2.53. The largest absolute Gasteiger partial charge is 0.487 e. The van der Waals surface area contributed by atoms with Crippen LogP contribution in [0.15, 0.2) is 47.4 Å². The van der Waals surface area contributed by atoms with E-state index in [4.69, 9.17) is 9.47 Å². The summed E-state index contributed by atoms with van der Waals surface area (Å²) >= 11 is 0. The molecule has 2 aromatic carbocycles. The minimum absolute atomic E-state index is 0.00558. The van der Waals surface area contributed by atoms with E-state index in [1.165, 1.54) is 22.5 Å². The number of aliphatic hydroxyl groups excluding tert-OH is 1. The summed E-state index contributed by atoms with van der Waals surface area (Å²) in [7, 11) is -2.24. The number of halogens is 1. The van der Waals surface area contributed by atoms with E-state index in [-0.39, 0.29) is 53.9 Å². The Kier molecular flexibility index (Phi) is 8.52. The lowest BCUT2D eigenvalue weighted by molar-refractivity contribution is -0.138. The van der Waals surface area contributed by atoms with Gasteiger partial charge in [0.1, 0.15) is 22.6 Å². The Morgan fingerprint density at radius 2 is 1.81 bits per heavy atom. The number of nitrogens with zero attached hydrogens (tertiary/aromatic N) is 2. The average Bonchev–Trinajstić information content (AvgIpc) is 2.90. The molecule has 2 aliphatic rings. The number of fused-ring (bicyclic) bond motifs is 1. The van der Waals surface area contributed by atoms with E-state index in [0.29, 0.717) is 37.2 Å². The van der Waals surface area contributed by atoms with Crippen LogP contribution in [0.5, 0.6) is 5.75 Å². The zero-order valence-electron chi connectivity index (χ0n) is 21.5. The van der Waals surface area contributed by atoms with E-state index in [1.54, 1.807) is 43.1 Å². The van der Waals surface area contributed by atoms with E-state index < -0.39 is 22.2 Å². The van der Waals surface area contributed by atoms with Crippen LogP contribution in [0.25, 0.3) is 11.1 Å². The van der Waals surface area contributed by atoms with Gasteiger partial charge < -0.3 is 19.5 Å². The Morgan fingerprint density at radius 3 is 2.46 bits per heavy atom. The van der Waals surface area contributed by atoms with Gasteiger partial charge in [0.25, 0.3) is 0 Å². The van der Waals surface area contributed by atoms with Crippen LogP contribution < -0.4 is 4.74 Å². The van der Waals surface area contributed by atoms with Crippen molar-refractivity contribution in [3.05, 3.63) is 48.3 Å². The van der Waals surface area contributed by atoms with Gasteiger partial charge in [0.05, 0.1) is 13.2 Å². The second kappa shape index (κ2) is 11.5. The highest BCUT2D eigenvalue weighted by Crippen LogP contribution is 2.36. The molecular formula is C27H35FN2O6S. The van der Waals surface area contributed by atoms with Gasteiger partial charge in [0, 0.05) is 44.7 Å². The van der Waals surface area contributed by atoms with Crippen LogP contribution in [0.4, 0.5) is 4.39 Å². The SMILES string of the molecule is C[C@H](CO)N1C[C@H](C)[C@H](CN(C)C(=O)C2CCOCC2)Oc2cc(-c3ccc(F)cc3)ccc2S1(=O)=O. The van der Waals surface area contributed by atoms with Crippen LogP contribution in [0, 0.1) is 17.7 Å². The third kappa shape index (κ3) is 5.98. The second-order valence-corrected chi connectivity index (χ2v) is 11.9. The Balaban J connectivity index is 1.71. The van der Waals surface area contributed by atoms with Gasteiger partial charge in [-0.25, -0.2) is 12.8 Å². The fourth-order valence-corrected chi connectivity index (χ4v) is 6.71. The molecule has 8 nitrogen and oxygen atoms in total. The van der Waals surface area contributed by atoms with Crippen LogP contribution >= 0.6 is 0 Å². The van der Waals surface area contributed by atoms with E-state index in [9.17, 15) is 22.7 Å². The van der Waals surface area contributed by atoms with Crippen molar-refractivity contribution < 1.29 is 32.2 Å². The van der Waals surface area contributed by atoms with Crippen LogP contribution in [-0.4, -0.2) is 80.7 Å². The molecule has 2 heterocycles. The van der Waals surface area contributed by atoms with Gasteiger partial charge in [-0.15, -0.1) is 0 Å². The molecule has 3 atom stereocenters. The molecule has 2 aliphatic heterocycles. The molecular weight excluding hydrogens is 499 g/mol. The third-order valence-electron chi connectivity index (χ3n) is 7.25. The van der Waals surface area contributed by atoms with Gasteiger partial charge in [0.15, 0.2) is 0 Å². The van der Waals surface area contributed by atoms with Gasteiger partial charge in [-0.2, -0.15) is 4.31 Å². The van der Waals surface area contributed by atoms with Crippen molar-refractivity contribution in [2.75, 3.05) is 40.0 Å². The Bertz CT molecular complexity index is 1200. The molecule has 0 aliphatic carbocycles. The summed E-state index contributed by atoms with van der Waals surface area (Å²) in [6.45, 7) is 4.75. The molecule has 0 radical (unpaired) electrons. The summed E-state index contributed by atoms with van der Waals surface area (Å²) < 4.78 is 53.9. The first kappa shape index (κ1) is 27.5. The maximum absolute atomic E-state index is 13.7. The highest BCUT2D eigenvalue weighted by atomic mass is 32.2. The molecule has 0 unspecified atom stereocenters.